The van der Waals surface area contributed by atoms with Gasteiger partial charge in [0.25, 0.3) is 0 Å². The summed E-state index contributed by atoms with van der Waals surface area (Å²) in [5.41, 5.74) is 3.77. The van der Waals surface area contributed by atoms with Gasteiger partial charge in [-0.1, -0.05) is 42.5 Å². The minimum Gasteiger partial charge on any atom is -0.425 e. The van der Waals surface area contributed by atoms with Crippen molar-refractivity contribution in [1.82, 2.24) is 15.1 Å². The lowest BCUT2D eigenvalue weighted by molar-refractivity contribution is 0.318. The minimum atomic E-state index is 0.336. The molecule has 0 N–H and O–H groups in total. The zero-order chi connectivity index (χ0) is 18.6. The molecule has 140 valence electrons. The summed E-state index contributed by atoms with van der Waals surface area (Å²) < 4.78 is 5.96. The van der Waals surface area contributed by atoms with E-state index in [0.29, 0.717) is 18.2 Å². The van der Waals surface area contributed by atoms with E-state index in [1.165, 1.54) is 16.8 Å². The van der Waals surface area contributed by atoms with Crippen LogP contribution in [0.15, 0.2) is 59.0 Å². The zero-order valence-electron chi connectivity index (χ0n) is 16.0. The fourth-order valence-corrected chi connectivity index (χ4v) is 3.61. The van der Waals surface area contributed by atoms with Gasteiger partial charge in [0.15, 0.2) is 0 Å². The first kappa shape index (κ1) is 17.7. The molecule has 0 saturated carbocycles. The second-order valence-electron chi connectivity index (χ2n) is 7.48. The number of aromatic nitrogens is 2. The van der Waals surface area contributed by atoms with Crippen molar-refractivity contribution in [3.63, 3.8) is 0 Å². The van der Waals surface area contributed by atoms with Gasteiger partial charge in [-0.05, 0) is 36.2 Å². The number of hydrogen-bond donors (Lipinski definition) is 0. The summed E-state index contributed by atoms with van der Waals surface area (Å²) in [5.74, 6) is 1.82. The minimum absolute atomic E-state index is 0.336. The van der Waals surface area contributed by atoms with E-state index in [1.54, 1.807) is 0 Å². The fraction of sp³-hybridized carbons (Fsp3) is 0.364. The molecule has 1 aliphatic rings. The third kappa shape index (κ3) is 4.37. The van der Waals surface area contributed by atoms with Crippen LogP contribution in [0.4, 0.5) is 5.69 Å². The second-order valence-corrected chi connectivity index (χ2v) is 7.48. The normalized spacial score (nSPS) is 17.3. The molecule has 5 nitrogen and oxygen atoms in total. The van der Waals surface area contributed by atoms with Crippen LogP contribution in [0.3, 0.4) is 0 Å². The topological polar surface area (TPSA) is 45.4 Å². The Morgan fingerprint density at radius 1 is 1.00 bits per heavy atom. The number of rotatable bonds is 6. The van der Waals surface area contributed by atoms with Crippen molar-refractivity contribution in [3.8, 4) is 0 Å². The van der Waals surface area contributed by atoms with E-state index < -0.39 is 0 Å². The molecule has 1 aromatic heterocycles. The Bertz CT molecular complexity index is 858. The summed E-state index contributed by atoms with van der Waals surface area (Å²) >= 11 is 0. The summed E-state index contributed by atoms with van der Waals surface area (Å²) in [5, 5.41) is 8.57. The highest BCUT2D eigenvalue weighted by Crippen LogP contribution is 2.28. The molecule has 4 rings (SSSR count). The van der Waals surface area contributed by atoms with Crippen LogP contribution in [0.1, 0.15) is 35.2 Å². The maximum atomic E-state index is 5.96. The Morgan fingerprint density at radius 3 is 2.52 bits per heavy atom. The van der Waals surface area contributed by atoms with Crippen LogP contribution in [-0.4, -0.2) is 42.3 Å². The second kappa shape index (κ2) is 7.92. The van der Waals surface area contributed by atoms with Gasteiger partial charge >= 0.3 is 0 Å². The first-order chi connectivity index (χ1) is 13.2. The SMILES string of the molecule is CN(C)c1ccc(CN2CCC(c3nnc(Cc4ccccc4)o3)C2)cc1. The molecule has 2 heterocycles. The Labute approximate surface area is 160 Å². The van der Waals surface area contributed by atoms with E-state index >= 15 is 0 Å². The predicted molar refractivity (Wildman–Crippen MR) is 107 cm³/mol. The van der Waals surface area contributed by atoms with E-state index in [1.807, 2.05) is 18.2 Å². The quantitative estimate of drug-likeness (QED) is 0.669. The maximum Gasteiger partial charge on any atom is 0.220 e. The van der Waals surface area contributed by atoms with Crippen molar-refractivity contribution >= 4 is 5.69 Å². The largest absolute Gasteiger partial charge is 0.425 e. The lowest BCUT2D eigenvalue weighted by atomic mass is 10.1. The lowest BCUT2D eigenvalue weighted by Crippen LogP contribution is -2.20. The van der Waals surface area contributed by atoms with Crippen LogP contribution in [-0.2, 0) is 13.0 Å². The molecular formula is C22H26N4O. The molecule has 0 aliphatic carbocycles. The molecule has 1 aliphatic heterocycles. The fourth-order valence-electron chi connectivity index (χ4n) is 3.61. The van der Waals surface area contributed by atoms with Gasteiger partial charge in [0, 0.05) is 32.9 Å². The van der Waals surface area contributed by atoms with Gasteiger partial charge in [0.2, 0.25) is 11.8 Å². The van der Waals surface area contributed by atoms with Gasteiger partial charge in [0.05, 0.1) is 12.3 Å². The number of benzene rings is 2. The van der Waals surface area contributed by atoms with E-state index in [0.717, 1.165) is 31.9 Å². The van der Waals surface area contributed by atoms with Crippen molar-refractivity contribution in [1.29, 1.82) is 0 Å². The third-order valence-corrected chi connectivity index (χ3v) is 5.16. The number of anilines is 1. The zero-order valence-corrected chi connectivity index (χ0v) is 16.0. The molecule has 27 heavy (non-hydrogen) atoms. The molecule has 0 radical (unpaired) electrons. The molecular weight excluding hydrogens is 336 g/mol. The van der Waals surface area contributed by atoms with E-state index in [9.17, 15) is 0 Å². The monoisotopic (exact) mass is 362 g/mol. The van der Waals surface area contributed by atoms with Gasteiger partial charge in [0.1, 0.15) is 0 Å². The van der Waals surface area contributed by atoms with Gasteiger partial charge in [-0.25, -0.2) is 0 Å². The highest BCUT2D eigenvalue weighted by molar-refractivity contribution is 5.46. The van der Waals surface area contributed by atoms with Crippen LogP contribution in [0.25, 0.3) is 0 Å². The number of nitrogens with zero attached hydrogens (tertiary/aromatic N) is 4. The summed E-state index contributed by atoms with van der Waals surface area (Å²) in [7, 11) is 4.13. The standard InChI is InChI=1S/C22H26N4O/c1-25(2)20-10-8-18(9-11-20)15-26-13-12-19(16-26)22-24-23-21(27-22)14-17-6-4-3-5-7-17/h3-11,19H,12-16H2,1-2H3. The lowest BCUT2D eigenvalue weighted by Gasteiger charge is -2.17. The van der Waals surface area contributed by atoms with E-state index in [2.05, 4.69) is 70.5 Å². The first-order valence-electron chi connectivity index (χ1n) is 9.52. The van der Waals surface area contributed by atoms with Crippen LogP contribution in [0.2, 0.25) is 0 Å². The van der Waals surface area contributed by atoms with Crippen LogP contribution < -0.4 is 4.90 Å². The molecule has 5 heteroatoms. The maximum absolute atomic E-state index is 5.96. The highest BCUT2D eigenvalue weighted by Gasteiger charge is 2.28. The van der Waals surface area contributed by atoms with Crippen molar-refractivity contribution < 1.29 is 4.42 Å². The Hall–Kier alpha value is -2.66. The molecule has 0 amide bonds. The van der Waals surface area contributed by atoms with Gasteiger partial charge in [-0.3, -0.25) is 4.90 Å². The summed E-state index contributed by atoms with van der Waals surface area (Å²) in [6.45, 7) is 3.01. The van der Waals surface area contributed by atoms with Crippen molar-refractivity contribution in [2.45, 2.75) is 25.3 Å². The molecule has 2 aromatic carbocycles. The Kier molecular flexibility index (Phi) is 5.21. The molecule has 1 saturated heterocycles. The third-order valence-electron chi connectivity index (χ3n) is 5.16. The van der Waals surface area contributed by atoms with Gasteiger partial charge < -0.3 is 9.32 Å². The first-order valence-corrected chi connectivity index (χ1v) is 9.52. The molecule has 0 bridgehead atoms. The van der Waals surface area contributed by atoms with Crippen molar-refractivity contribution in [2.24, 2.45) is 0 Å². The highest BCUT2D eigenvalue weighted by atomic mass is 16.4. The molecule has 1 fully saturated rings. The number of likely N-dealkylation sites (tertiary alicyclic amines) is 1. The Balaban J connectivity index is 1.34. The van der Waals surface area contributed by atoms with Gasteiger partial charge in [-0.15, -0.1) is 10.2 Å². The van der Waals surface area contributed by atoms with Crippen molar-refractivity contribution in [2.75, 3.05) is 32.1 Å². The average Bonchev–Trinajstić information content (AvgIpc) is 3.32. The van der Waals surface area contributed by atoms with Crippen LogP contribution in [0.5, 0.6) is 0 Å². The summed E-state index contributed by atoms with van der Waals surface area (Å²) in [6.07, 6.45) is 1.77. The average molecular weight is 362 g/mol. The van der Waals surface area contributed by atoms with Gasteiger partial charge in [-0.2, -0.15) is 0 Å². The van der Waals surface area contributed by atoms with Crippen LogP contribution in [0, 0.1) is 0 Å². The molecule has 3 aromatic rings. The van der Waals surface area contributed by atoms with E-state index in [4.69, 9.17) is 4.42 Å². The smallest absolute Gasteiger partial charge is 0.220 e. The van der Waals surface area contributed by atoms with Crippen molar-refractivity contribution in [3.05, 3.63) is 77.5 Å². The summed E-state index contributed by atoms with van der Waals surface area (Å²) in [4.78, 5) is 4.59. The van der Waals surface area contributed by atoms with E-state index in [-0.39, 0.29) is 0 Å². The number of hydrogen-bond acceptors (Lipinski definition) is 5. The van der Waals surface area contributed by atoms with Crippen LogP contribution >= 0.6 is 0 Å². The molecule has 0 spiro atoms. The predicted octanol–water partition coefficient (Wildman–Crippen LogP) is 3.72. The summed E-state index contributed by atoms with van der Waals surface area (Å²) in [6, 6.07) is 19.0. The molecule has 1 unspecified atom stereocenters. The molecule has 1 atom stereocenters. The Morgan fingerprint density at radius 2 is 1.78 bits per heavy atom.